The summed E-state index contributed by atoms with van der Waals surface area (Å²) in [6.45, 7) is 12.3. The number of hydrogen-bond acceptors (Lipinski definition) is 5. The van der Waals surface area contributed by atoms with Crippen molar-refractivity contribution in [3.63, 3.8) is 0 Å². The number of rotatable bonds is 4. The number of fused-ring (bicyclic) bond motifs is 1. The lowest BCUT2D eigenvalue weighted by Crippen LogP contribution is -2.50. The lowest BCUT2D eigenvalue weighted by molar-refractivity contribution is 0.0240. The normalized spacial score (nSPS) is 18.2. The number of phenols is 1. The molecule has 1 aliphatic carbocycles. The molecule has 0 spiro atoms. The minimum absolute atomic E-state index is 0. The van der Waals surface area contributed by atoms with Gasteiger partial charge in [0.25, 0.3) is 0 Å². The summed E-state index contributed by atoms with van der Waals surface area (Å²) in [6, 6.07) is 20.4. The van der Waals surface area contributed by atoms with Gasteiger partial charge in [0.05, 0.1) is 7.11 Å². The van der Waals surface area contributed by atoms with E-state index in [1.54, 1.807) is 18.1 Å². The topological polar surface area (TPSA) is 62.2 Å². The number of aryl methyl sites for hydroxylation is 1. The molecule has 3 aromatic rings. The third kappa shape index (κ3) is 7.52. The summed E-state index contributed by atoms with van der Waals surface area (Å²) < 4.78 is 10.9. The van der Waals surface area contributed by atoms with E-state index in [1.165, 1.54) is 16.7 Å². The Morgan fingerprint density at radius 1 is 0.929 bits per heavy atom. The highest BCUT2D eigenvalue weighted by Crippen LogP contribution is 2.49. The number of methoxy groups -OCH3 is 1. The van der Waals surface area contributed by atoms with E-state index in [2.05, 4.69) is 35.2 Å². The maximum atomic E-state index is 12.5. The van der Waals surface area contributed by atoms with E-state index >= 15 is 0 Å². The number of aromatic hydroxyl groups is 1. The second-order valence-electron chi connectivity index (χ2n) is 11.4. The molecule has 228 valence electrons. The van der Waals surface area contributed by atoms with Crippen LogP contribution in [0.25, 0.3) is 0 Å². The number of phenolic OH excluding ortho intramolecular Hbond substituents is 1. The number of anilines is 1. The molecule has 7 heteroatoms. The van der Waals surface area contributed by atoms with Crippen LogP contribution in [-0.4, -0.2) is 55.0 Å². The predicted octanol–water partition coefficient (Wildman–Crippen LogP) is 8.64. The van der Waals surface area contributed by atoms with E-state index in [1.807, 2.05) is 58.9 Å². The summed E-state index contributed by atoms with van der Waals surface area (Å²) >= 11 is 7.05. The van der Waals surface area contributed by atoms with Gasteiger partial charge in [-0.05, 0) is 98.2 Å². The SMILES string of the molecule is C.CC.COc1ccc(C2CCc3cc(O)ccc3C2c2ccc(N3CCN(C(=O)OC(C)(C)C)CC3)cc2Cl)cc1. The van der Waals surface area contributed by atoms with Crippen molar-refractivity contribution >= 4 is 23.4 Å². The van der Waals surface area contributed by atoms with Crippen LogP contribution >= 0.6 is 11.6 Å². The number of halogens is 1. The molecule has 1 fully saturated rings. The van der Waals surface area contributed by atoms with Gasteiger partial charge in [-0.25, -0.2) is 4.79 Å². The van der Waals surface area contributed by atoms with E-state index in [0.29, 0.717) is 18.8 Å². The monoisotopic (exact) mass is 594 g/mol. The fraction of sp³-hybridized carbons (Fsp3) is 0.457. The van der Waals surface area contributed by atoms with Gasteiger partial charge in [0.2, 0.25) is 0 Å². The number of nitrogens with zero attached hydrogens (tertiary/aromatic N) is 2. The fourth-order valence-corrected chi connectivity index (χ4v) is 6.13. The van der Waals surface area contributed by atoms with E-state index in [4.69, 9.17) is 21.1 Å². The van der Waals surface area contributed by atoms with Crippen molar-refractivity contribution in [1.82, 2.24) is 4.90 Å². The van der Waals surface area contributed by atoms with Crippen LogP contribution in [0.5, 0.6) is 11.5 Å². The Morgan fingerprint density at radius 3 is 2.17 bits per heavy atom. The van der Waals surface area contributed by atoms with Crippen LogP contribution in [0.1, 0.15) is 82.6 Å². The maximum Gasteiger partial charge on any atom is 0.410 e. The Bertz CT molecular complexity index is 1330. The summed E-state index contributed by atoms with van der Waals surface area (Å²) in [5.41, 5.74) is 5.26. The van der Waals surface area contributed by atoms with Crippen molar-refractivity contribution in [2.75, 3.05) is 38.2 Å². The van der Waals surface area contributed by atoms with Crippen LogP contribution in [0.4, 0.5) is 10.5 Å². The van der Waals surface area contributed by atoms with E-state index in [9.17, 15) is 9.90 Å². The number of amides is 1. The summed E-state index contributed by atoms with van der Waals surface area (Å²) in [6.07, 6.45) is 1.59. The molecule has 0 radical (unpaired) electrons. The van der Waals surface area contributed by atoms with Crippen LogP contribution in [0, 0.1) is 0 Å². The molecule has 6 nitrogen and oxygen atoms in total. The van der Waals surface area contributed by atoms with Gasteiger partial charge in [-0.2, -0.15) is 0 Å². The van der Waals surface area contributed by atoms with Gasteiger partial charge < -0.3 is 24.4 Å². The molecular weight excluding hydrogens is 548 g/mol. The zero-order chi connectivity index (χ0) is 29.7. The third-order valence-corrected chi connectivity index (χ3v) is 8.08. The van der Waals surface area contributed by atoms with Gasteiger partial charge in [0, 0.05) is 42.8 Å². The molecule has 1 aliphatic heterocycles. The van der Waals surface area contributed by atoms with Gasteiger partial charge in [-0.3, -0.25) is 0 Å². The van der Waals surface area contributed by atoms with Gasteiger partial charge >= 0.3 is 6.09 Å². The minimum Gasteiger partial charge on any atom is -0.508 e. The lowest BCUT2D eigenvalue weighted by atomic mass is 9.69. The van der Waals surface area contributed by atoms with Crippen molar-refractivity contribution in [3.8, 4) is 11.5 Å². The zero-order valence-corrected chi connectivity index (χ0v) is 25.9. The molecule has 1 heterocycles. The first-order chi connectivity index (χ1) is 19.6. The number of carbonyl (C=O) groups excluding carboxylic acids is 1. The highest BCUT2D eigenvalue weighted by molar-refractivity contribution is 6.31. The minimum atomic E-state index is -0.502. The average molecular weight is 595 g/mol. The van der Waals surface area contributed by atoms with Crippen LogP contribution in [0.15, 0.2) is 60.7 Å². The summed E-state index contributed by atoms with van der Waals surface area (Å²) in [5, 5.41) is 10.9. The van der Waals surface area contributed by atoms with E-state index in [-0.39, 0.29) is 25.4 Å². The van der Waals surface area contributed by atoms with E-state index in [0.717, 1.165) is 48.0 Å². The average Bonchev–Trinajstić information content (AvgIpc) is 2.97. The fourth-order valence-electron chi connectivity index (χ4n) is 5.84. The second kappa shape index (κ2) is 14.2. The van der Waals surface area contributed by atoms with E-state index < -0.39 is 5.60 Å². The molecular formula is C35H47ClN2O4. The number of piperazine rings is 1. The first-order valence-electron chi connectivity index (χ1n) is 14.6. The summed E-state index contributed by atoms with van der Waals surface area (Å²) in [5.74, 6) is 1.44. The molecule has 1 N–H and O–H groups in total. The number of ether oxygens (including phenoxy) is 2. The molecule has 2 unspecified atom stereocenters. The highest BCUT2D eigenvalue weighted by Gasteiger charge is 2.34. The second-order valence-corrected chi connectivity index (χ2v) is 11.8. The number of hydrogen-bond donors (Lipinski definition) is 1. The molecule has 3 aromatic carbocycles. The highest BCUT2D eigenvalue weighted by atomic mass is 35.5. The Morgan fingerprint density at radius 2 is 1.57 bits per heavy atom. The number of benzene rings is 3. The molecule has 2 aliphatic rings. The Balaban J connectivity index is 0.00000158. The van der Waals surface area contributed by atoms with Crippen LogP contribution in [-0.2, 0) is 11.2 Å². The Kier molecular flexibility index (Phi) is 11.2. The largest absolute Gasteiger partial charge is 0.508 e. The quantitative estimate of drug-likeness (QED) is 0.327. The molecule has 0 saturated carbocycles. The van der Waals surface area contributed by atoms with Gasteiger partial charge in [0.15, 0.2) is 0 Å². The van der Waals surface area contributed by atoms with Crippen molar-refractivity contribution in [3.05, 3.63) is 87.9 Å². The predicted molar refractivity (Wildman–Crippen MR) is 174 cm³/mol. The smallest absolute Gasteiger partial charge is 0.410 e. The summed E-state index contributed by atoms with van der Waals surface area (Å²) in [7, 11) is 1.68. The molecule has 0 aromatic heterocycles. The van der Waals surface area contributed by atoms with Crippen molar-refractivity contribution in [1.29, 1.82) is 0 Å². The molecule has 2 atom stereocenters. The zero-order valence-electron chi connectivity index (χ0n) is 25.1. The Labute approximate surface area is 257 Å². The van der Waals surface area contributed by atoms with Crippen molar-refractivity contribution in [2.45, 2.75) is 72.3 Å². The van der Waals surface area contributed by atoms with Crippen LogP contribution in [0.2, 0.25) is 5.02 Å². The third-order valence-electron chi connectivity index (χ3n) is 7.75. The van der Waals surface area contributed by atoms with Gasteiger partial charge in [-0.15, -0.1) is 0 Å². The van der Waals surface area contributed by atoms with Gasteiger partial charge in [0.1, 0.15) is 17.1 Å². The van der Waals surface area contributed by atoms with Gasteiger partial charge in [-0.1, -0.05) is 57.1 Å². The molecule has 5 rings (SSSR count). The molecule has 1 amide bonds. The molecule has 42 heavy (non-hydrogen) atoms. The van der Waals surface area contributed by atoms with Crippen molar-refractivity contribution < 1.29 is 19.4 Å². The summed E-state index contributed by atoms with van der Waals surface area (Å²) in [4.78, 5) is 16.5. The first kappa shape index (κ1) is 33.1. The lowest BCUT2D eigenvalue weighted by Gasteiger charge is -2.38. The first-order valence-corrected chi connectivity index (χ1v) is 15.0. The number of carbonyl (C=O) groups is 1. The maximum absolute atomic E-state index is 12.5. The van der Waals surface area contributed by atoms with Crippen LogP contribution < -0.4 is 9.64 Å². The standard InChI is InChI=1S/C32H37ClN2O4.C2H6.CH4/c1-32(2,3)39-31(37)35-17-15-34(16-18-35)23-8-13-28(29(33)20-23)30-26(21-5-10-25(38-4)11-6-21)12-7-22-19-24(36)9-14-27(22)30;1-2;/h5-6,8-11,13-14,19-20,26,30,36H,7,12,15-18H2,1-4H3;1-2H3;1H4. The molecule has 0 bridgehead atoms. The molecule has 1 saturated heterocycles. The Hall–Kier alpha value is -3.38. The van der Waals surface area contributed by atoms with Crippen LogP contribution in [0.3, 0.4) is 0 Å². The van der Waals surface area contributed by atoms with Crippen molar-refractivity contribution in [2.24, 2.45) is 0 Å².